The molecule has 0 bridgehead atoms. The van der Waals surface area contributed by atoms with Gasteiger partial charge in [-0.15, -0.1) is 0 Å². The van der Waals surface area contributed by atoms with E-state index < -0.39 is 0 Å². The molecule has 0 saturated carbocycles. The molecule has 0 radical (unpaired) electrons. The van der Waals surface area contributed by atoms with Crippen molar-refractivity contribution in [1.82, 2.24) is 19.7 Å². The van der Waals surface area contributed by atoms with Crippen LogP contribution in [-0.4, -0.2) is 38.7 Å². The summed E-state index contributed by atoms with van der Waals surface area (Å²) in [5, 5.41) is 4.42. The van der Waals surface area contributed by atoms with Crippen LogP contribution in [0, 0.1) is 0 Å². The van der Waals surface area contributed by atoms with Crippen molar-refractivity contribution < 1.29 is 4.79 Å². The SMILES string of the molecule is O=C(c1ccc(-c2cnn(Cc3ccccc3)c2)nc1)N1CCCCC1. The summed E-state index contributed by atoms with van der Waals surface area (Å²) in [6.45, 7) is 2.44. The molecule has 1 aliphatic heterocycles. The number of rotatable bonds is 4. The second-order valence-corrected chi connectivity index (χ2v) is 6.70. The highest BCUT2D eigenvalue weighted by molar-refractivity contribution is 5.94. The number of carbonyl (C=O) groups is 1. The molecule has 0 spiro atoms. The number of hydrogen-bond acceptors (Lipinski definition) is 3. The van der Waals surface area contributed by atoms with Crippen molar-refractivity contribution in [1.29, 1.82) is 0 Å². The van der Waals surface area contributed by atoms with Crippen LogP contribution in [0.4, 0.5) is 0 Å². The number of piperidine rings is 1. The van der Waals surface area contributed by atoms with Crippen LogP contribution in [0.1, 0.15) is 35.2 Å². The zero-order valence-electron chi connectivity index (χ0n) is 14.7. The van der Waals surface area contributed by atoms with E-state index in [2.05, 4.69) is 22.2 Å². The normalized spacial score (nSPS) is 14.4. The Morgan fingerprint density at radius 3 is 2.50 bits per heavy atom. The molecule has 26 heavy (non-hydrogen) atoms. The lowest BCUT2D eigenvalue weighted by Crippen LogP contribution is -2.35. The van der Waals surface area contributed by atoms with Crippen LogP contribution in [0.15, 0.2) is 61.1 Å². The Bertz CT molecular complexity index is 865. The molecule has 3 aromatic rings. The molecule has 1 aromatic carbocycles. The predicted octanol–water partition coefficient (Wildman–Crippen LogP) is 3.62. The minimum Gasteiger partial charge on any atom is -0.339 e. The van der Waals surface area contributed by atoms with Crippen molar-refractivity contribution in [2.45, 2.75) is 25.8 Å². The maximum absolute atomic E-state index is 12.5. The zero-order chi connectivity index (χ0) is 17.8. The van der Waals surface area contributed by atoms with Gasteiger partial charge in [0.15, 0.2) is 0 Å². The molecule has 1 aliphatic rings. The Labute approximate surface area is 153 Å². The van der Waals surface area contributed by atoms with E-state index in [0.29, 0.717) is 5.56 Å². The molecule has 5 heteroatoms. The van der Waals surface area contributed by atoms with E-state index in [1.807, 2.05) is 52.3 Å². The van der Waals surface area contributed by atoms with E-state index in [9.17, 15) is 4.79 Å². The largest absolute Gasteiger partial charge is 0.339 e. The molecule has 0 unspecified atom stereocenters. The van der Waals surface area contributed by atoms with Crippen molar-refractivity contribution in [3.05, 3.63) is 72.2 Å². The van der Waals surface area contributed by atoms with Crippen molar-refractivity contribution >= 4 is 5.91 Å². The third-order valence-corrected chi connectivity index (χ3v) is 4.77. The van der Waals surface area contributed by atoms with Crippen LogP contribution in [0.25, 0.3) is 11.3 Å². The van der Waals surface area contributed by atoms with Crippen molar-refractivity contribution in [2.24, 2.45) is 0 Å². The van der Waals surface area contributed by atoms with E-state index in [1.54, 1.807) is 6.20 Å². The first-order valence-electron chi connectivity index (χ1n) is 9.12. The number of aromatic nitrogens is 3. The second kappa shape index (κ2) is 7.52. The number of benzene rings is 1. The average Bonchev–Trinajstić information content (AvgIpc) is 3.17. The Balaban J connectivity index is 1.46. The van der Waals surface area contributed by atoms with Crippen LogP contribution >= 0.6 is 0 Å². The highest BCUT2D eigenvalue weighted by atomic mass is 16.2. The molecule has 3 heterocycles. The van der Waals surface area contributed by atoms with Gasteiger partial charge in [-0.1, -0.05) is 30.3 Å². The van der Waals surface area contributed by atoms with E-state index >= 15 is 0 Å². The van der Waals surface area contributed by atoms with Gasteiger partial charge in [-0.2, -0.15) is 5.10 Å². The van der Waals surface area contributed by atoms with Gasteiger partial charge in [0.25, 0.3) is 5.91 Å². The zero-order valence-corrected chi connectivity index (χ0v) is 14.7. The topological polar surface area (TPSA) is 51.0 Å². The van der Waals surface area contributed by atoms with Gasteiger partial charge in [-0.3, -0.25) is 14.5 Å². The number of hydrogen-bond donors (Lipinski definition) is 0. The first-order valence-corrected chi connectivity index (χ1v) is 9.12. The van der Waals surface area contributed by atoms with Crippen LogP contribution in [-0.2, 0) is 6.54 Å². The Morgan fingerprint density at radius 2 is 1.77 bits per heavy atom. The summed E-state index contributed by atoms with van der Waals surface area (Å²) in [5.74, 6) is 0.0866. The molecule has 2 aromatic heterocycles. The minimum atomic E-state index is 0.0866. The van der Waals surface area contributed by atoms with Gasteiger partial charge in [0, 0.05) is 31.0 Å². The number of amides is 1. The first kappa shape index (κ1) is 16.5. The molecule has 1 saturated heterocycles. The summed E-state index contributed by atoms with van der Waals surface area (Å²) in [6, 6.07) is 14.0. The van der Waals surface area contributed by atoms with Crippen LogP contribution < -0.4 is 0 Å². The Kier molecular flexibility index (Phi) is 4.78. The molecule has 4 rings (SSSR count). The second-order valence-electron chi connectivity index (χ2n) is 6.70. The summed E-state index contributed by atoms with van der Waals surface area (Å²) >= 11 is 0. The van der Waals surface area contributed by atoms with Gasteiger partial charge in [0.05, 0.1) is 24.0 Å². The fourth-order valence-corrected chi connectivity index (χ4v) is 3.32. The fourth-order valence-electron chi connectivity index (χ4n) is 3.32. The van der Waals surface area contributed by atoms with Gasteiger partial charge >= 0.3 is 0 Å². The van der Waals surface area contributed by atoms with Gasteiger partial charge in [-0.25, -0.2) is 0 Å². The van der Waals surface area contributed by atoms with E-state index in [4.69, 9.17) is 0 Å². The fraction of sp³-hybridized carbons (Fsp3) is 0.286. The van der Waals surface area contributed by atoms with Crippen molar-refractivity contribution in [3.63, 3.8) is 0 Å². The van der Waals surface area contributed by atoms with E-state index in [-0.39, 0.29) is 5.91 Å². The molecule has 132 valence electrons. The highest BCUT2D eigenvalue weighted by Crippen LogP contribution is 2.18. The minimum absolute atomic E-state index is 0.0866. The third-order valence-electron chi connectivity index (χ3n) is 4.77. The van der Waals surface area contributed by atoms with Crippen LogP contribution in [0.3, 0.4) is 0 Å². The summed E-state index contributed by atoms with van der Waals surface area (Å²) in [7, 11) is 0. The van der Waals surface area contributed by atoms with Gasteiger partial charge in [0.2, 0.25) is 0 Å². The molecule has 5 nitrogen and oxygen atoms in total. The average molecular weight is 346 g/mol. The van der Waals surface area contributed by atoms with Crippen LogP contribution in [0.5, 0.6) is 0 Å². The highest BCUT2D eigenvalue weighted by Gasteiger charge is 2.18. The maximum Gasteiger partial charge on any atom is 0.255 e. The molecule has 0 N–H and O–H groups in total. The lowest BCUT2D eigenvalue weighted by atomic mass is 10.1. The number of carbonyl (C=O) groups excluding carboxylic acids is 1. The summed E-state index contributed by atoms with van der Waals surface area (Å²) < 4.78 is 1.90. The monoisotopic (exact) mass is 346 g/mol. The molecule has 0 atom stereocenters. The van der Waals surface area contributed by atoms with Crippen molar-refractivity contribution in [3.8, 4) is 11.3 Å². The quantitative estimate of drug-likeness (QED) is 0.725. The molecule has 1 amide bonds. The van der Waals surface area contributed by atoms with Crippen molar-refractivity contribution in [2.75, 3.05) is 13.1 Å². The lowest BCUT2D eigenvalue weighted by molar-refractivity contribution is 0.0724. The standard InChI is InChI=1S/C21H22N4O/c26-21(24-11-5-2-6-12-24)18-9-10-20(22-13-18)19-14-23-25(16-19)15-17-7-3-1-4-8-17/h1,3-4,7-10,13-14,16H,2,5-6,11-12,15H2. The van der Waals surface area contributed by atoms with Crippen LogP contribution in [0.2, 0.25) is 0 Å². The number of likely N-dealkylation sites (tertiary alicyclic amines) is 1. The van der Waals surface area contributed by atoms with Gasteiger partial charge < -0.3 is 4.90 Å². The third kappa shape index (κ3) is 3.67. The summed E-state index contributed by atoms with van der Waals surface area (Å²) in [4.78, 5) is 18.9. The van der Waals surface area contributed by atoms with E-state index in [1.165, 1.54) is 12.0 Å². The Hall–Kier alpha value is -2.95. The summed E-state index contributed by atoms with van der Waals surface area (Å²) in [5.41, 5.74) is 3.65. The molecule has 0 aliphatic carbocycles. The van der Waals surface area contributed by atoms with E-state index in [0.717, 1.165) is 43.7 Å². The lowest BCUT2D eigenvalue weighted by Gasteiger charge is -2.26. The Morgan fingerprint density at radius 1 is 0.962 bits per heavy atom. The predicted molar refractivity (Wildman–Crippen MR) is 101 cm³/mol. The summed E-state index contributed by atoms with van der Waals surface area (Å²) in [6.07, 6.45) is 8.89. The maximum atomic E-state index is 12.5. The molecule has 1 fully saturated rings. The first-order chi connectivity index (χ1) is 12.8. The number of pyridine rings is 1. The number of nitrogens with zero attached hydrogens (tertiary/aromatic N) is 4. The smallest absolute Gasteiger partial charge is 0.255 e. The molecular weight excluding hydrogens is 324 g/mol. The van der Waals surface area contributed by atoms with Gasteiger partial charge in [-0.05, 0) is 37.0 Å². The molecular formula is C21H22N4O. The van der Waals surface area contributed by atoms with Gasteiger partial charge in [0.1, 0.15) is 0 Å².